The number of allylic oxidation sites excluding steroid dienone is 2. The number of aliphatic imine (C=N–C) groups is 1. The fraction of sp³-hybridized carbons (Fsp3) is 0.303. The van der Waals surface area contributed by atoms with E-state index in [-0.39, 0.29) is 18.3 Å². The van der Waals surface area contributed by atoms with Crippen LogP contribution < -0.4 is 9.47 Å². The second-order valence-corrected chi connectivity index (χ2v) is 10.6. The molecule has 0 N–H and O–H groups in total. The number of hydrogen-bond donors (Lipinski definition) is 0. The molecule has 5 rings (SSSR count). The van der Waals surface area contributed by atoms with Crippen molar-refractivity contribution in [2.45, 2.75) is 38.0 Å². The quantitative estimate of drug-likeness (QED) is 0.287. The molecule has 206 valence electrons. The van der Waals surface area contributed by atoms with E-state index < -0.39 is 17.8 Å². The zero-order valence-corrected chi connectivity index (χ0v) is 23.6. The summed E-state index contributed by atoms with van der Waals surface area (Å²) in [5.74, 6) is -0.673. The molecule has 7 heteroatoms. The van der Waals surface area contributed by atoms with Crippen LogP contribution in [0.5, 0.6) is 11.5 Å². The normalized spacial score (nSPS) is 20.4. The number of esters is 1. The van der Waals surface area contributed by atoms with E-state index in [9.17, 15) is 9.59 Å². The Morgan fingerprint density at radius 3 is 2.42 bits per heavy atom. The number of benzene rings is 3. The summed E-state index contributed by atoms with van der Waals surface area (Å²) >= 11 is 6.10. The lowest BCUT2D eigenvalue weighted by molar-refractivity contribution is -0.146. The first-order valence-electron chi connectivity index (χ1n) is 13.4. The van der Waals surface area contributed by atoms with Crippen LogP contribution in [0.1, 0.15) is 48.3 Å². The van der Waals surface area contributed by atoms with E-state index in [0.717, 1.165) is 11.1 Å². The zero-order valence-electron chi connectivity index (χ0n) is 22.9. The van der Waals surface area contributed by atoms with Crippen molar-refractivity contribution in [1.82, 2.24) is 0 Å². The van der Waals surface area contributed by atoms with Gasteiger partial charge in [0.15, 0.2) is 5.78 Å². The Hall–Kier alpha value is -3.90. The molecular weight excluding hydrogens is 526 g/mol. The number of rotatable bonds is 8. The van der Waals surface area contributed by atoms with Gasteiger partial charge in [-0.3, -0.25) is 14.6 Å². The summed E-state index contributed by atoms with van der Waals surface area (Å²) in [6.45, 7) is 2.07. The van der Waals surface area contributed by atoms with Crippen molar-refractivity contribution in [2.24, 2.45) is 10.9 Å². The number of halogens is 1. The van der Waals surface area contributed by atoms with E-state index in [1.165, 1.54) is 0 Å². The lowest BCUT2D eigenvalue weighted by Crippen LogP contribution is -2.38. The maximum atomic E-state index is 13.9. The lowest BCUT2D eigenvalue weighted by atomic mass is 9.69. The van der Waals surface area contributed by atoms with Gasteiger partial charge in [-0.15, -0.1) is 0 Å². The van der Waals surface area contributed by atoms with Gasteiger partial charge in [0.1, 0.15) is 17.4 Å². The highest BCUT2D eigenvalue weighted by Crippen LogP contribution is 2.49. The molecule has 0 amide bonds. The van der Waals surface area contributed by atoms with Crippen LogP contribution in [0, 0.1) is 5.92 Å². The van der Waals surface area contributed by atoms with E-state index in [0.29, 0.717) is 58.3 Å². The van der Waals surface area contributed by atoms with E-state index >= 15 is 0 Å². The van der Waals surface area contributed by atoms with Crippen LogP contribution in [0.3, 0.4) is 0 Å². The van der Waals surface area contributed by atoms with Gasteiger partial charge in [-0.25, -0.2) is 0 Å². The number of hydrogen-bond acceptors (Lipinski definition) is 6. The molecule has 0 aromatic heterocycles. The average Bonchev–Trinajstić information content (AvgIpc) is 2.96. The van der Waals surface area contributed by atoms with Crippen molar-refractivity contribution in [2.75, 3.05) is 20.8 Å². The van der Waals surface area contributed by atoms with Crippen molar-refractivity contribution in [3.8, 4) is 11.5 Å². The highest BCUT2D eigenvalue weighted by Gasteiger charge is 2.46. The van der Waals surface area contributed by atoms with Crippen molar-refractivity contribution in [1.29, 1.82) is 0 Å². The number of nitrogens with zero attached hydrogens (tertiary/aromatic N) is 1. The van der Waals surface area contributed by atoms with Gasteiger partial charge >= 0.3 is 5.97 Å². The number of carbonyl (C=O) groups is 2. The molecule has 0 spiro atoms. The summed E-state index contributed by atoms with van der Waals surface area (Å²) < 4.78 is 17.1. The maximum Gasteiger partial charge on any atom is 0.315 e. The van der Waals surface area contributed by atoms with Crippen LogP contribution in [-0.4, -0.2) is 38.3 Å². The van der Waals surface area contributed by atoms with Gasteiger partial charge in [0.2, 0.25) is 0 Å². The minimum atomic E-state index is -0.772. The molecule has 6 nitrogen and oxygen atoms in total. The first kappa shape index (κ1) is 27.7. The fourth-order valence-corrected chi connectivity index (χ4v) is 5.88. The fourth-order valence-electron chi connectivity index (χ4n) is 5.76. The standard InChI is InChI=1S/C33H32ClNO5/c1-20-30(33(37)40-16-15-21-7-5-4-6-8-21)31(26-19-25(38-2)13-14-29(26)39-3)32-27(35-20)17-23(18-28(32)36)22-9-11-24(34)12-10-22/h4-14,19,23,30-31H,15-18H2,1-3H3/t23-,30?,31+/m0/s1. The number of ether oxygens (including phenoxy) is 3. The Bertz CT molecular complexity index is 1460. The molecule has 40 heavy (non-hydrogen) atoms. The summed E-state index contributed by atoms with van der Waals surface area (Å²) in [5.41, 5.74) is 4.69. The van der Waals surface area contributed by atoms with Gasteiger partial charge in [-0.1, -0.05) is 54.1 Å². The molecule has 1 aliphatic carbocycles. The SMILES string of the molecule is COc1ccc(OC)c([C@H]2C3=C(C[C@H](c4ccc(Cl)cc4)CC3=O)N=C(C)C2C(=O)OCCc2ccccc2)c1. The minimum Gasteiger partial charge on any atom is -0.497 e. The van der Waals surface area contributed by atoms with Crippen molar-refractivity contribution < 1.29 is 23.8 Å². The van der Waals surface area contributed by atoms with Gasteiger partial charge in [-0.05, 0) is 60.7 Å². The number of ketones is 1. The molecule has 0 saturated heterocycles. The second kappa shape index (κ2) is 12.1. The third kappa shape index (κ3) is 5.68. The van der Waals surface area contributed by atoms with E-state index in [1.807, 2.05) is 67.6 Å². The Morgan fingerprint density at radius 1 is 0.975 bits per heavy atom. The third-order valence-electron chi connectivity index (χ3n) is 7.73. The molecule has 0 radical (unpaired) electrons. The molecule has 3 aromatic rings. The predicted octanol–water partition coefficient (Wildman–Crippen LogP) is 6.72. The lowest BCUT2D eigenvalue weighted by Gasteiger charge is -2.37. The second-order valence-electron chi connectivity index (χ2n) is 10.2. The number of Topliss-reactive ketones (excluding diaryl/α,β-unsaturated/α-hetero) is 1. The number of carbonyl (C=O) groups excluding carboxylic acids is 2. The van der Waals surface area contributed by atoms with E-state index in [1.54, 1.807) is 26.4 Å². The molecular formula is C33H32ClNO5. The highest BCUT2D eigenvalue weighted by atomic mass is 35.5. The van der Waals surface area contributed by atoms with E-state index in [2.05, 4.69) is 0 Å². The minimum absolute atomic E-state index is 0.0257. The van der Waals surface area contributed by atoms with Crippen molar-refractivity contribution in [3.63, 3.8) is 0 Å². The van der Waals surface area contributed by atoms with E-state index in [4.69, 9.17) is 30.8 Å². The van der Waals surface area contributed by atoms with Crippen LogP contribution >= 0.6 is 11.6 Å². The molecule has 0 fully saturated rings. The van der Waals surface area contributed by atoms with Gasteiger partial charge in [0, 0.05) is 46.3 Å². The Kier molecular flexibility index (Phi) is 8.36. The smallest absolute Gasteiger partial charge is 0.315 e. The predicted molar refractivity (Wildman–Crippen MR) is 155 cm³/mol. The monoisotopic (exact) mass is 557 g/mol. The highest BCUT2D eigenvalue weighted by molar-refractivity contribution is 6.30. The Balaban J connectivity index is 1.53. The molecule has 0 bridgehead atoms. The first-order chi connectivity index (χ1) is 19.4. The van der Waals surface area contributed by atoms with Gasteiger partial charge in [0.25, 0.3) is 0 Å². The molecule has 3 aromatic carbocycles. The molecule has 1 heterocycles. The largest absolute Gasteiger partial charge is 0.497 e. The summed E-state index contributed by atoms with van der Waals surface area (Å²) in [6, 6.07) is 22.9. The molecule has 1 aliphatic heterocycles. The van der Waals surface area contributed by atoms with Crippen LogP contribution in [-0.2, 0) is 20.7 Å². The first-order valence-corrected chi connectivity index (χ1v) is 13.8. The van der Waals surface area contributed by atoms with Crippen LogP contribution in [0.25, 0.3) is 0 Å². The van der Waals surface area contributed by atoms with Crippen LogP contribution in [0.4, 0.5) is 0 Å². The molecule has 0 saturated carbocycles. The molecule has 1 unspecified atom stereocenters. The Morgan fingerprint density at radius 2 is 1.73 bits per heavy atom. The van der Waals surface area contributed by atoms with Crippen molar-refractivity contribution >= 4 is 29.1 Å². The molecule has 3 atom stereocenters. The summed E-state index contributed by atoms with van der Waals surface area (Å²) in [5, 5.41) is 0.649. The maximum absolute atomic E-state index is 13.9. The van der Waals surface area contributed by atoms with Gasteiger partial charge in [-0.2, -0.15) is 0 Å². The Labute approximate surface area is 239 Å². The van der Waals surface area contributed by atoms with Gasteiger partial charge < -0.3 is 14.2 Å². The van der Waals surface area contributed by atoms with Gasteiger partial charge in [0.05, 0.1) is 20.8 Å². The summed E-state index contributed by atoms with van der Waals surface area (Å²) in [7, 11) is 3.17. The van der Waals surface area contributed by atoms with Crippen LogP contribution in [0.15, 0.2) is 89.1 Å². The summed E-state index contributed by atoms with van der Waals surface area (Å²) in [4.78, 5) is 32.5. The topological polar surface area (TPSA) is 74.2 Å². The summed E-state index contributed by atoms with van der Waals surface area (Å²) in [6.07, 6.45) is 1.49. The zero-order chi connectivity index (χ0) is 28.2. The molecule has 2 aliphatic rings. The van der Waals surface area contributed by atoms with Crippen LogP contribution in [0.2, 0.25) is 5.02 Å². The van der Waals surface area contributed by atoms with Crippen molar-refractivity contribution in [3.05, 3.63) is 106 Å². The number of methoxy groups -OCH3 is 2. The average molecular weight is 558 g/mol. The third-order valence-corrected chi connectivity index (χ3v) is 7.99.